The molecular formula is C13H16N4O5S. The number of azide groups is 1. The summed E-state index contributed by atoms with van der Waals surface area (Å²) in [6, 6.07) is 8.35. The Balaban J connectivity index is 1.97. The normalized spacial score (nSPS) is 20.8. The number of carbonyl (C=O) groups is 1. The van der Waals surface area contributed by atoms with Gasteiger partial charge in [-0.2, -0.15) is 8.42 Å². The van der Waals surface area contributed by atoms with Gasteiger partial charge in [0, 0.05) is 11.5 Å². The second-order valence-corrected chi connectivity index (χ2v) is 6.66. The Labute approximate surface area is 133 Å². The lowest BCUT2D eigenvalue weighted by Gasteiger charge is -2.16. The lowest BCUT2D eigenvalue weighted by Crippen LogP contribution is -2.31. The van der Waals surface area contributed by atoms with E-state index >= 15 is 0 Å². The molecule has 10 heteroatoms. The molecule has 2 atom stereocenters. The van der Waals surface area contributed by atoms with Gasteiger partial charge in [0.15, 0.2) is 0 Å². The monoisotopic (exact) mass is 340 g/mol. The number of carbonyl (C=O) groups excluding carboxylic acids is 1. The molecule has 1 amide bonds. The molecule has 0 radical (unpaired) electrons. The third-order valence-electron chi connectivity index (χ3n) is 3.20. The van der Waals surface area contributed by atoms with E-state index < -0.39 is 28.4 Å². The summed E-state index contributed by atoms with van der Waals surface area (Å²) < 4.78 is 32.5. The van der Waals surface area contributed by atoms with Gasteiger partial charge in [0.1, 0.15) is 12.7 Å². The molecule has 1 aliphatic rings. The summed E-state index contributed by atoms with van der Waals surface area (Å²) >= 11 is 0. The standard InChI is InChI=1S/C13H16N4O5S/c1-23(19,20)22-12-8-17(7-11(12)15-16-14)13(18)21-9-10-5-3-2-4-6-10/h2-6,11-12H,7-9H2,1H3/t11-,12-/m1/s1. The van der Waals surface area contributed by atoms with Crippen LogP contribution in [0.5, 0.6) is 0 Å². The van der Waals surface area contributed by atoms with Gasteiger partial charge in [-0.1, -0.05) is 35.4 Å². The Morgan fingerprint density at radius 3 is 2.70 bits per heavy atom. The van der Waals surface area contributed by atoms with Crippen LogP contribution >= 0.6 is 0 Å². The fourth-order valence-corrected chi connectivity index (χ4v) is 2.85. The highest BCUT2D eigenvalue weighted by molar-refractivity contribution is 7.86. The fourth-order valence-electron chi connectivity index (χ4n) is 2.21. The molecule has 0 saturated carbocycles. The SMILES string of the molecule is CS(=O)(=O)O[C@@H]1CN(C(=O)OCc2ccccc2)C[C@H]1N=[N+]=[N-]. The lowest BCUT2D eigenvalue weighted by molar-refractivity contribution is 0.0995. The summed E-state index contributed by atoms with van der Waals surface area (Å²) in [4.78, 5) is 16.0. The minimum Gasteiger partial charge on any atom is -0.445 e. The largest absolute Gasteiger partial charge is 0.445 e. The molecule has 1 aromatic carbocycles. The van der Waals surface area contributed by atoms with Crippen LogP contribution in [0.15, 0.2) is 35.4 Å². The van der Waals surface area contributed by atoms with Gasteiger partial charge in [-0.25, -0.2) is 4.79 Å². The van der Waals surface area contributed by atoms with Crippen molar-refractivity contribution in [3.8, 4) is 0 Å². The van der Waals surface area contributed by atoms with Gasteiger partial charge < -0.3 is 9.64 Å². The second kappa shape index (κ2) is 7.32. The van der Waals surface area contributed by atoms with E-state index in [1.807, 2.05) is 30.3 Å². The predicted octanol–water partition coefficient (Wildman–Crippen LogP) is 1.66. The molecule has 1 saturated heterocycles. The number of rotatable bonds is 5. The zero-order valence-corrected chi connectivity index (χ0v) is 13.2. The number of nitrogens with zero attached hydrogens (tertiary/aromatic N) is 4. The van der Waals surface area contributed by atoms with Crippen molar-refractivity contribution in [1.82, 2.24) is 4.90 Å². The summed E-state index contributed by atoms with van der Waals surface area (Å²) in [6.07, 6.45) is -0.631. The van der Waals surface area contributed by atoms with Gasteiger partial charge in [-0.15, -0.1) is 0 Å². The third kappa shape index (κ3) is 5.13. The molecule has 124 valence electrons. The number of likely N-dealkylation sites (tertiary alicyclic amines) is 1. The van der Waals surface area contributed by atoms with Crippen molar-refractivity contribution in [2.45, 2.75) is 18.8 Å². The molecule has 0 aliphatic carbocycles. The minimum atomic E-state index is -3.73. The maximum atomic E-state index is 12.0. The number of ether oxygens (including phenoxy) is 1. The molecule has 1 aromatic rings. The van der Waals surface area contributed by atoms with E-state index in [1.54, 1.807) is 0 Å². The molecule has 9 nitrogen and oxygen atoms in total. The van der Waals surface area contributed by atoms with Crippen molar-refractivity contribution in [2.75, 3.05) is 19.3 Å². The van der Waals surface area contributed by atoms with Gasteiger partial charge >= 0.3 is 6.09 Å². The summed E-state index contributed by atoms with van der Waals surface area (Å²) in [5.41, 5.74) is 9.37. The van der Waals surface area contributed by atoms with Gasteiger partial charge in [-0.05, 0) is 11.1 Å². The van der Waals surface area contributed by atoms with E-state index in [0.717, 1.165) is 11.8 Å². The van der Waals surface area contributed by atoms with Crippen molar-refractivity contribution >= 4 is 16.2 Å². The highest BCUT2D eigenvalue weighted by Gasteiger charge is 2.38. The molecule has 2 rings (SSSR count). The van der Waals surface area contributed by atoms with Crippen LogP contribution < -0.4 is 0 Å². The average Bonchev–Trinajstić information content (AvgIpc) is 2.87. The van der Waals surface area contributed by atoms with Crippen LogP contribution in [0.1, 0.15) is 5.56 Å². The number of hydrogen-bond donors (Lipinski definition) is 0. The molecule has 0 aromatic heterocycles. The van der Waals surface area contributed by atoms with Crippen molar-refractivity contribution < 1.29 is 22.1 Å². The summed E-state index contributed by atoms with van der Waals surface area (Å²) in [5.74, 6) is 0. The molecule has 0 unspecified atom stereocenters. The first kappa shape index (κ1) is 17.1. The number of benzene rings is 1. The Kier molecular flexibility index (Phi) is 5.43. The second-order valence-electron chi connectivity index (χ2n) is 5.06. The first-order valence-corrected chi connectivity index (χ1v) is 8.59. The first-order valence-electron chi connectivity index (χ1n) is 6.77. The van der Waals surface area contributed by atoms with Crippen LogP contribution in [0.4, 0.5) is 4.79 Å². The van der Waals surface area contributed by atoms with Crippen molar-refractivity contribution in [1.29, 1.82) is 0 Å². The van der Waals surface area contributed by atoms with Crippen molar-refractivity contribution in [3.05, 3.63) is 46.3 Å². The zero-order valence-electron chi connectivity index (χ0n) is 12.4. The summed E-state index contributed by atoms with van der Waals surface area (Å²) in [7, 11) is -3.73. The molecule has 0 N–H and O–H groups in total. The van der Waals surface area contributed by atoms with Crippen molar-refractivity contribution in [3.63, 3.8) is 0 Å². The quantitative estimate of drug-likeness (QED) is 0.349. The van der Waals surface area contributed by atoms with Gasteiger partial charge in [0.05, 0.1) is 18.8 Å². The third-order valence-corrected chi connectivity index (χ3v) is 3.80. The summed E-state index contributed by atoms with van der Waals surface area (Å²) in [6.45, 7) is 0.113. The number of hydrogen-bond acceptors (Lipinski definition) is 6. The predicted molar refractivity (Wildman–Crippen MR) is 80.9 cm³/mol. The zero-order chi connectivity index (χ0) is 16.9. The Hall–Kier alpha value is -2.29. The highest BCUT2D eigenvalue weighted by Crippen LogP contribution is 2.20. The van der Waals surface area contributed by atoms with Crippen LogP contribution in [0, 0.1) is 0 Å². The maximum absolute atomic E-state index is 12.0. The molecule has 0 spiro atoms. The maximum Gasteiger partial charge on any atom is 0.410 e. The van der Waals surface area contributed by atoms with E-state index in [0.29, 0.717) is 0 Å². The lowest BCUT2D eigenvalue weighted by atomic mass is 10.2. The smallest absolute Gasteiger partial charge is 0.410 e. The van der Waals surface area contributed by atoms with Gasteiger partial charge in [-0.3, -0.25) is 4.18 Å². The first-order chi connectivity index (χ1) is 10.9. The van der Waals surface area contributed by atoms with E-state index in [-0.39, 0.29) is 19.7 Å². The van der Waals surface area contributed by atoms with Crippen LogP contribution in [0.3, 0.4) is 0 Å². The van der Waals surface area contributed by atoms with Crippen LogP contribution in [0.2, 0.25) is 0 Å². The van der Waals surface area contributed by atoms with Gasteiger partial charge in [0.25, 0.3) is 10.1 Å². The topological polar surface area (TPSA) is 122 Å². The molecular weight excluding hydrogens is 324 g/mol. The van der Waals surface area contributed by atoms with E-state index in [4.69, 9.17) is 14.5 Å². The molecule has 1 fully saturated rings. The molecule has 23 heavy (non-hydrogen) atoms. The minimum absolute atomic E-state index is 0.0234. The van der Waals surface area contributed by atoms with Crippen LogP contribution in [0.25, 0.3) is 10.4 Å². The van der Waals surface area contributed by atoms with Gasteiger partial charge in [0.2, 0.25) is 0 Å². The van der Waals surface area contributed by atoms with Crippen LogP contribution in [-0.2, 0) is 25.6 Å². The van der Waals surface area contributed by atoms with Crippen molar-refractivity contribution in [2.24, 2.45) is 5.11 Å². The van der Waals surface area contributed by atoms with E-state index in [1.165, 1.54) is 4.90 Å². The molecule has 1 aliphatic heterocycles. The Morgan fingerprint density at radius 2 is 2.09 bits per heavy atom. The molecule has 0 bridgehead atoms. The van der Waals surface area contributed by atoms with E-state index in [9.17, 15) is 13.2 Å². The fraction of sp³-hybridized carbons (Fsp3) is 0.462. The highest BCUT2D eigenvalue weighted by atomic mass is 32.2. The van der Waals surface area contributed by atoms with E-state index in [2.05, 4.69) is 10.0 Å². The summed E-state index contributed by atoms with van der Waals surface area (Å²) in [5, 5.41) is 3.48. The number of amides is 1. The average molecular weight is 340 g/mol. The Bertz CT molecular complexity index is 702. The van der Waals surface area contributed by atoms with Crippen LogP contribution in [-0.4, -0.2) is 50.9 Å². The Morgan fingerprint density at radius 1 is 1.39 bits per heavy atom. The molecule has 1 heterocycles.